The summed E-state index contributed by atoms with van der Waals surface area (Å²) in [6.07, 6.45) is 3.71. The molecule has 1 unspecified atom stereocenters. The van der Waals surface area contributed by atoms with Crippen molar-refractivity contribution in [2.45, 2.75) is 57.9 Å². The molecule has 9 atom stereocenters. The highest BCUT2D eigenvalue weighted by atomic mass is 19.1. The van der Waals surface area contributed by atoms with E-state index in [4.69, 9.17) is 9.57 Å². The summed E-state index contributed by atoms with van der Waals surface area (Å²) in [5.74, 6) is -1.72. The molecule has 5 rings (SSSR count). The van der Waals surface area contributed by atoms with Crippen molar-refractivity contribution in [1.29, 1.82) is 0 Å². The van der Waals surface area contributed by atoms with Crippen LogP contribution in [0.4, 0.5) is 4.39 Å². The normalized spacial score (nSPS) is 48.9. The lowest BCUT2D eigenvalue weighted by atomic mass is 9.46. The molecule has 0 spiro atoms. The number of hydroxylamine groups is 1. The summed E-state index contributed by atoms with van der Waals surface area (Å²) in [7, 11) is 0. The van der Waals surface area contributed by atoms with Crippen molar-refractivity contribution in [2.24, 2.45) is 34.5 Å². The summed E-state index contributed by atoms with van der Waals surface area (Å²) >= 11 is 0. The minimum Gasteiger partial charge on any atom is -0.458 e. The summed E-state index contributed by atoms with van der Waals surface area (Å²) in [5, 5.41) is 11.5. The van der Waals surface area contributed by atoms with Gasteiger partial charge >= 0.3 is 5.97 Å². The van der Waals surface area contributed by atoms with Crippen LogP contribution in [0.5, 0.6) is 0 Å². The fourth-order valence-corrected chi connectivity index (χ4v) is 8.04. The number of rotatable bonds is 3. The fraction of sp³-hybridized carbons (Fsp3) is 0.708. The van der Waals surface area contributed by atoms with Gasteiger partial charge in [-0.1, -0.05) is 19.9 Å². The van der Waals surface area contributed by atoms with Crippen molar-refractivity contribution in [3.63, 3.8) is 0 Å². The maximum atomic E-state index is 15.5. The summed E-state index contributed by atoms with van der Waals surface area (Å²) < 4.78 is 20.5. The Balaban J connectivity index is 1.55. The van der Waals surface area contributed by atoms with E-state index in [0.29, 0.717) is 25.0 Å². The number of hydrogen-bond acceptors (Lipinski definition) is 7. The van der Waals surface area contributed by atoms with Crippen LogP contribution in [0.3, 0.4) is 0 Å². The molecule has 1 saturated heterocycles. The molecule has 0 bridgehead atoms. The standard InChI is InChI=1S/C24H30FNO6/c1-12(27)31-11-20(30)24-13(10-26-32-24)6-16-15-8-18(25)17-7-14(28)4-5-22(17,2)21(15)19(29)9-23(16,24)3/h4-5,7,13,15-16,18-19,21,26,29H,6,8-11H2,1-3H3/t13-,15-,16-,18-,19-,21?,22-,23-,24-/m0/s1. The number of aliphatic hydroxyl groups is 1. The fourth-order valence-electron chi connectivity index (χ4n) is 8.04. The lowest BCUT2D eigenvalue weighted by Crippen LogP contribution is -2.64. The zero-order chi connectivity index (χ0) is 23.1. The van der Waals surface area contributed by atoms with Crippen LogP contribution in [0, 0.1) is 34.5 Å². The molecule has 0 radical (unpaired) electrons. The zero-order valence-corrected chi connectivity index (χ0v) is 18.6. The molecule has 0 aromatic carbocycles. The van der Waals surface area contributed by atoms with Gasteiger partial charge in [-0.2, -0.15) is 0 Å². The van der Waals surface area contributed by atoms with Gasteiger partial charge in [0.05, 0.1) is 6.10 Å². The quantitative estimate of drug-likeness (QED) is 0.637. The average molecular weight is 448 g/mol. The average Bonchev–Trinajstić information content (AvgIpc) is 3.24. The Labute approximate surface area is 186 Å². The number of carbonyl (C=O) groups is 3. The maximum Gasteiger partial charge on any atom is 0.303 e. The van der Waals surface area contributed by atoms with Gasteiger partial charge in [0.2, 0.25) is 5.78 Å². The predicted molar refractivity (Wildman–Crippen MR) is 111 cm³/mol. The SMILES string of the molecule is CC(=O)OCC(=O)[C@@]12ONC[C@@H]1C[C@H]1[C@@H]3C[C@H](F)C4=CC(=O)C=C[C@]4(C)C3[C@@H](O)C[C@@]12C. The first kappa shape index (κ1) is 21.9. The van der Waals surface area contributed by atoms with Gasteiger partial charge in [-0.05, 0) is 48.8 Å². The Morgan fingerprint density at radius 3 is 2.81 bits per heavy atom. The second-order valence-electron chi connectivity index (χ2n) is 10.6. The van der Waals surface area contributed by atoms with Crippen molar-refractivity contribution >= 4 is 17.5 Å². The van der Waals surface area contributed by atoms with E-state index in [0.717, 1.165) is 0 Å². The van der Waals surface area contributed by atoms with Crippen LogP contribution >= 0.6 is 0 Å². The van der Waals surface area contributed by atoms with Crippen LogP contribution in [0.25, 0.3) is 0 Å². The van der Waals surface area contributed by atoms with E-state index in [-0.39, 0.29) is 48.3 Å². The smallest absolute Gasteiger partial charge is 0.303 e. The summed E-state index contributed by atoms with van der Waals surface area (Å²) in [6, 6.07) is 0. The van der Waals surface area contributed by atoms with Gasteiger partial charge in [-0.25, -0.2) is 9.87 Å². The summed E-state index contributed by atoms with van der Waals surface area (Å²) in [4.78, 5) is 42.7. The third-order valence-electron chi connectivity index (χ3n) is 9.21. The van der Waals surface area contributed by atoms with Crippen LogP contribution in [0.2, 0.25) is 0 Å². The van der Waals surface area contributed by atoms with Crippen molar-refractivity contribution in [3.05, 3.63) is 23.8 Å². The molecule has 4 fully saturated rings. The molecule has 7 nitrogen and oxygen atoms in total. The second-order valence-corrected chi connectivity index (χ2v) is 10.6. The van der Waals surface area contributed by atoms with Crippen molar-refractivity contribution in [1.82, 2.24) is 5.48 Å². The van der Waals surface area contributed by atoms with E-state index >= 15 is 4.39 Å². The molecule has 0 aromatic heterocycles. The van der Waals surface area contributed by atoms with Gasteiger partial charge in [0.15, 0.2) is 18.0 Å². The first-order valence-electron chi connectivity index (χ1n) is 11.4. The highest BCUT2D eigenvalue weighted by molar-refractivity contribution is 6.01. The molecule has 2 N–H and O–H groups in total. The molecule has 1 aliphatic heterocycles. The first-order chi connectivity index (χ1) is 15.0. The Bertz CT molecular complexity index is 947. The van der Waals surface area contributed by atoms with Crippen LogP contribution in [-0.4, -0.2) is 53.7 Å². The van der Waals surface area contributed by atoms with Crippen molar-refractivity contribution < 1.29 is 33.5 Å². The van der Waals surface area contributed by atoms with E-state index < -0.39 is 34.7 Å². The molecule has 5 aliphatic rings. The topological polar surface area (TPSA) is 102 Å². The molecule has 0 aromatic rings. The number of allylic oxidation sites excluding steroid dienone is 4. The van der Waals surface area contributed by atoms with Gasteiger partial charge in [0.1, 0.15) is 6.17 Å². The molecule has 8 heteroatoms. The predicted octanol–water partition coefficient (Wildman–Crippen LogP) is 1.84. The molecule has 4 aliphatic carbocycles. The van der Waals surface area contributed by atoms with Gasteiger partial charge in [-0.3, -0.25) is 19.2 Å². The lowest BCUT2D eigenvalue weighted by molar-refractivity contribution is -0.202. The third-order valence-corrected chi connectivity index (χ3v) is 9.21. The first-order valence-corrected chi connectivity index (χ1v) is 11.4. The number of fused-ring (bicyclic) bond motifs is 7. The van der Waals surface area contributed by atoms with E-state index in [1.54, 1.807) is 6.08 Å². The Morgan fingerprint density at radius 1 is 1.34 bits per heavy atom. The lowest BCUT2D eigenvalue weighted by Gasteiger charge is -2.60. The second kappa shape index (κ2) is 7.05. The van der Waals surface area contributed by atoms with E-state index in [9.17, 15) is 19.5 Å². The van der Waals surface area contributed by atoms with Crippen molar-refractivity contribution in [3.8, 4) is 0 Å². The number of Topliss-reactive ketones (excluding diaryl/α,β-unsaturated/α-hetero) is 1. The molecule has 32 heavy (non-hydrogen) atoms. The highest BCUT2D eigenvalue weighted by Crippen LogP contribution is 2.69. The van der Waals surface area contributed by atoms with Gasteiger partial charge in [0, 0.05) is 36.1 Å². The number of aliphatic hydroxyl groups excluding tert-OH is 1. The largest absolute Gasteiger partial charge is 0.458 e. The number of halogens is 1. The Hall–Kier alpha value is -1.90. The van der Waals surface area contributed by atoms with Crippen LogP contribution in [0.1, 0.15) is 40.0 Å². The monoisotopic (exact) mass is 447 g/mol. The summed E-state index contributed by atoms with van der Waals surface area (Å²) in [6.45, 7) is 5.20. The number of nitrogens with one attached hydrogen (secondary N) is 1. The molecular weight excluding hydrogens is 417 g/mol. The van der Waals surface area contributed by atoms with E-state index in [2.05, 4.69) is 5.48 Å². The van der Waals surface area contributed by atoms with Gasteiger partial charge in [-0.15, -0.1) is 0 Å². The zero-order valence-electron chi connectivity index (χ0n) is 18.6. The number of ketones is 2. The number of ether oxygens (including phenoxy) is 1. The highest BCUT2D eigenvalue weighted by Gasteiger charge is 2.74. The van der Waals surface area contributed by atoms with E-state index in [1.165, 1.54) is 19.1 Å². The van der Waals surface area contributed by atoms with Crippen LogP contribution in [0.15, 0.2) is 23.8 Å². The van der Waals surface area contributed by atoms with Crippen LogP contribution in [-0.2, 0) is 24.0 Å². The van der Waals surface area contributed by atoms with Crippen molar-refractivity contribution in [2.75, 3.05) is 13.2 Å². The van der Waals surface area contributed by atoms with Crippen LogP contribution < -0.4 is 5.48 Å². The number of carbonyl (C=O) groups excluding carboxylic acids is 3. The number of alkyl halides is 1. The minimum absolute atomic E-state index is 0.0491. The maximum absolute atomic E-state index is 15.5. The Morgan fingerprint density at radius 2 is 2.09 bits per heavy atom. The number of hydrogen-bond donors (Lipinski definition) is 2. The minimum atomic E-state index is -1.28. The molecule has 174 valence electrons. The molecule has 3 saturated carbocycles. The molecule has 0 amide bonds. The Kier molecular flexibility index (Phi) is 4.83. The van der Waals surface area contributed by atoms with Gasteiger partial charge < -0.3 is 9.84 Å². The summed E-state index contributed by atoms with van der Waals surface area (Å²) in [5.41, 5.74) is 0.591. The number of esters is 1. The third kappa shape index (κ3) is 2.66. The van der Waals surface area contributed by atoms with E-state index in [1.807, 2.05) is 13.8 Å². The van der Waals surface area contributed by atoms with Gasteiger partial charge in [0.25, 0.3) is 0 Å². The molecule has 1 heterocycles. The molecular formula is C24H30FNO6.